The van der Waals surface area contributed by atoms with Gasteiger partial charge in [-0.2, -0.15) is 0 Å². The maximum atomic E-state index is 13.0. The van der Waals surface area contributed by atoms with E-state index in [1.165, 1.54) is 0 Å². The number of aromatic nitrogens is 1. The largest absolute Gasteiger partial charge is 0.383 e. The van der Waals surface area contributed by atoms with Crippen molar-refractivity contribution in [3.63, 3.8) is 0 Å². The standard InChI is InChI=1S/C18H27N3O3/c1-13-8-14(10-19-9-13)18(22)21-5-4-17(24-3)15-11-20(6-7-23-2)12-16(15)21/h8-10,15-17H,4-7,11-12H2,1-3H3/t15-,16+,17-/m1/s1. The smallest absolute Gasteiger partial charge is 0.255 e. The highest BCUT2D eigenvalue weighted by Gasteiger charge is 2.45. The molecular formula is C18H27N3O3. The van der Waals surface area contributed by atoms with Gasteiger partial charge in [0.05, 0.1) is 24.3 Å². The van der Waals surface area contributed by atoms with Crippen LogP contribution in [0.25, 0.3) is 0 Å². The van der Waals surface area contributed by atoms with Crippen molar-refractivity contribution in [3.8, 4) is 0 Å². The number of piperidine rings is 1. The van der Waals surface area contributed by atoms with E-state index in [-0.39, 0.29) is 18.1 Å². The van der Waals surface area contributed by atoms with Crippen molar-refractivity contribution in [2.75, 3.05) is 47.0 Å². The summed E-state index contributed by atoms with van der Waals surface area (Å²) in [5, 5.41) is 0. The van der Waals surface area contributed by atoms with Crippen LogP contribution in [0.5, 0.6) is 0 Å². The van der Waals surface area contributed by atoms with E-state index < -0.39 is 0 Å². The van der Waals surface area contributed by atoms with Gasteiger partial charge in [0.15, 0.2) is 0 Å². The van der Waals surface area contributed by atoms with E-state index in [9.17, 15) is 4.79 Å². The van der Waals surface area contributed by atoms with Gasteiger partial charge in [0.25, 0.3) is 5.91 Å². The molecule has 24 heavy (non-hydrogen) atoms. The summed E-state index contributed by atoms with van der Waals surface area (Å²) in [7, 11) is 3.50. The minimum Gasteiger partial charge on any atom is -0.383 e. The summed E-state index contributed by atoms with van der Waals surface area (Å²) in [6.45, 7) is 6.17. The van der Waals surface area contributed by atoms with E-state index >= 15 is 0 Å². The molecule has 0 N–H and O–H groups in total. The van der Waals surface area contributed by atoms with Gasteiger partial charge in [0, 0.05) is 58.7 Å². The van der Waals surface area contributed by atoms with E-state index in [2.05, 4.69) is 9.88 Å². The first kappa shape index (κ1) is 17.3. The van der Waals surface area contributed by atoms with Crippen LogP contribution in [0.2, 0.25) is 0 Å². The van der Waals surface area contributed by atoms with Crippen LogP contribution in [-0.4, -0.2) is 79.8 Å². The maximum Gasteiger partial charge on any atom is 0.255 e. The molecule has 0 aromatic carbocycles. The van der Waals surface area contributed by atoms with Gasteiger partial charge in [-0.05, 0) is 25.0 Å². The normalized spacial score (nSPS) is 27.3. The fourth-order valence-corrected chi connectivity index (χ4v) is 4.02. The van der Waals surface area contributed by atoms with Crippen LogP contribution in [0, 0.1) is 12.8 Å². The average molecular weight is 333 g/mol. The molecule has 3 atom stereocenters. The first-order valence-electron chi connectivity index (χ1n) is 8.60. The van der Waals surface area contributed by atoms with E-state index in [0.717, 1.165) is 38.2 Å². The Kier molecular flexibility index (Phi) is 5.48. The minimum atomic E-state index is 0.0874. The molecule has 2 aliphatic heterocycles. The first-order chi connectivity index (χ1) is 11.6. The molecule has 0 aliphatic carbocycles. The summed E-state index contributed by atoms with van der Waals surface area (Å²) in [6, 6.07) is 2.12. The molecule has 2 aliphatic rings. The molecule has 6 heteroatoms. The number of nitrogens with zero attached hydrogens (tertiary/aromatic N) is 3. The molecule has 0 unspecified atom stereocenters. The lowest BCUT2D eigenvalue weighted by atomic mass is 9.88. The van der Waals surface area contributed by atoms with Crippen LogP contribution in [0.15, 0.2) is 18.5 Å². The number of hydrogen-bond donors (Lipinski definition) is 0. The van der Waals surface area contributed by atoms with Crippen LogP contribution in [0.1, 0.15) is 22.3 Å². The van der Waals surface area contributed by atoms with Crippen molar-refractivity contribution in [1.82, 2.24) is 14.8 Å². The summed E-state index contributed by atoms with van der Waals surface area (Å²) in [5.41, 5.74) is 1.69. The van der Waals surface area contributed by atoms with E-state index in [1.807, 2.05) is 17.9 Å². The van der Waals surface area contributed by atoms with Crippen molar-refractivity contribution in [1.29, 1.82) is 0 Å². The summed E-state index contributed by atoms with van der Waals surface area (Å²) >= 11 is 0. The minimum absolute atomic E-state index is 0.0874. The van der Waals surface area contributed by atoms with Gasteiger partial charge in [0.1, 0.15) is 0 Å². The van der Waals surface area contributed by atoms with Gasteiger partial charge >= 0.3 is 0 Å². The van der Waals surface area contributed by atoms with Gasteiger partial charge in [0.2, 0.25) is 0 Å². The molecular weight excluding hydrogens is 306 g/mol. The Morgan fingerprint density at radius 2 is 2.17 bits per heavy atom. The van der Waals surface area contributed by atoms with Crippen LogP contribution < -0.4 is 0 Å². The van der Waals surface area contributed by atoms with Crippen molar-refractivity contribution in [2.24, 2.45) is 5.92 Å². The second kappa shape index (κ2) is 7.59. The van der Waals surface area contributed by atoms with E-state index in [1.54, 1.807) is 26.6 Å². The number of aryl methyl sites for hydroxylation is 1. The molecule has 1 aromatic rings. The topological polar surface area (TPSA) is 54.9 Å². The maximum absolute atomic E-state index is 13.0. The Morgan fingerprint density at radius 1 is 1.33 bits per heavy atom. The number of carbonyl (C=O) groups is 1. The van der Waals surface area contributed by atoms with Crippen molar-refractivity contribution < 1.29 is 14.3 Å². The van der Waals surface area contributed by atoms with Crippen LogP contribution in [0.3, 0.4) is 0 Å². The molecule has 0 saturated carbocycles. The molecule has 2 saturated heterocycles. The number of carbonyl (C=O) groups excluding carboxylic acids is 1. The highest BCUT2D eigenvalue weighted by molar-refractivity contribution is 5.94. The molecule has 0 spiro atoms. The summed E-state index contributed by atoms with van der Waals surface area (Å²) in [4.78, 5) is 21.6. The van der Waals surface area contributed by atoms with Gasteiger partial charge in [-0.1, -0.05) is 0 Å². The molecule has 0 radical (unpaired) electrons. The lowest BCUT2D eigenvalue weighted by molar-refractivity contribution is -0.0157. The number of likely N-dealkylation sites (tertiary alicyclic amines) is 2. The molecule has 0 bridgehead atoms. The number of amides is 1. The van der Waals surface area contributed by atoms with E-state index in [0.29, 0.717) is 18.1 Å². The molecule has 1 amide bonds. The monoisotopic (exact) mass is 333 g/mol. The lowest BCUT2D eigenvalue weighted by Crippen LogP contribution is -2.53. The number of hydrogen-bond acceptors (Lipinski definition) is 5. The molecule has 3 rings (SSSR count). The number of pyridine rings is 1. The Balaban J connectivity index is 1.77. The Labute approximate surface area is 143 Å². The summed E-state index contributed by atoms with van der Waals surface area (Å²) < 4.78 is 10.9. The third-order valence-electron chi connectivity index (χ3n) is 5.24. The van der Waals surface area contributed by atoms with Gasteiger partial charge < -0.3 is 14.4 Å². The quantitative estimate of drug-likeness (QED) is 0.810. The van der Waals surface area contributed by atoms with Crippen molar-refractivity contribution in [3.05, 3.63) is 29.6 Å². The zero-order valence-electron chi connectivity index (χ0n) is 14.8. The van der Waals surface area contributed by atoms with Gasteiger partial charge in [-0.15, -0.1) is 0 Å². The second-order valence-electron chi connectivity index (χ2n) is 6.80. The first-order valence-corrected chi connectivity index (χ1v) is 8.60. The molecule has 3 heterocycles. The highest BCUT2D eigenvalue weighted by Crippen LogP contribution is 2.33. The van der Waals surface area contributed by atoms with Crippen molar-refractivity contribution >= 4 is 5.91 Å². The molecule has 6 nitrogen and oxygen atoms in total. The Bertz CT molecular complexity index is 580. The fourth-order valence-electron chi connectivity index (χ4n) is 4.02. The number of methoxy groups -OCH3 is 2. The highest BCUT2D eigenvalue weighted by atomic mass is 16.5. The van der Waals surface area contributed by atoms with E-state index in [4.69, 9.17) is 9.47 Å². The third-order valence-corrected chi connectivity index (χ3v) is 5.24. The number of fused-ring (bicyclic) bond motifs is 1. The number of ether oxygens (including phenoxy) is 2. The van der Waals surface area contributed by atoms with Gasteiger partial charge in [-0.3, -0.25) is 14.7 Å². The fraction of sp³-hybridized carbons (Fsp3) is 0.667. The van der Waals surface area contributed by atoms with Crippen LogP contribution in [0.4, 0.5) is 0 Å². The second-order valence-corrected chi connectivity index (χ2v) is 6.80. The average Bonchev–Trinajstić information content (AvgIpc) is 3.02. The Morgan fingerprint density at radius 3 is 2.88 bits per heavy atom. The zero-order chi connectivity index (χ0) is 17.1. The number of rotatable bonds is 5. The SMILES string of the molecule is COCCN1C[C@H]2[C@H](OC)CCN(C(=O)c3cncc(C)c3)[C@H]2C1. The molecule has 1 aromatic heterocycles. The lowest BCUT2D eigenvalue weighted by Gasteiger charge is -2.41. The summed E-state index contributed by atoms with van der Waals surface area (Å²) in [6.07, 6.45) is 4.56. The predicted octanol–water partition coefficient (Wildman–Crippen LogP) is 1.20. The van der Waals surface area contributed by atoms with Gasteiger partial charge in [-0.25, -0.2) is 0 Å². The third kappa shape index (κ3) is 3.45. The summed E-state index contributed by atoms with van der Waals surface area (Å²) in [5.74, 6) is 0.451. The van der Waals surface area contributed by atoms with Crippen LogP contribution >= 0.6 is 0 Å². The van der Waals surface area contributed by atoms with Crippen molar-refractivity contribution in [2.45, 2.75) is 25.5 Å². The zero-order valence-corrected chi connectivity index (χ0v) is 14.8. The molecule has 2 fully saturated rings. The molecule has 132 valence electrons. The Hall–Kier alpha value is -1.50. The predicted molar refractivity (Wildman–Crippen MR) is 91.0 cm³/mol. The van der Waals surface area contributed by atoms with Crippen LogP contribution in [-0.2, 0) is 9.47 Å².